The third kappa shape index (κ3) is 2.58. The Bertz CT molecular complexity index is 481. The molecule has 0 aliphatic carbocycles. The summed E-state index contributed by atoms with van der Waals surface area (Å²) in [6, 6.07) is 3.91. The number of aryl methyl sites for hydroxylation is 1. The number of ether oxygens (including phenoxy) is 1. The summed E-state index contributed by atoms with van der Waals surface area (Å²) >= 11 is 0. The third-order valence-corrected chi connectivity index (χ3v) is 2.92. The molecule has 1 unspecified atom stereocenters. The van der Waals surface area contributed by atoms with Crippen LogP contribution in [0.15, 0.2) is 17.3 Å². The second kappa shape index (κ2) is 4.88. The first-order valence-electron chi connectivity index (χ1n) is 6.23. The van der Waals surface area contributed by atoms with E-state index in [1.165, 1.54) is 0 Å². The quantitative estimate of drug-likeness (QED) is 0.836. The van der Waals surface area contributed by atoms with Gasteiger partial charge in [-0.25, -0.2) is 0 Å². The van der Waals surface area contributed by atoms with Gasteiger partial charge in [-0.15, -0.1) is 0 Å². The maximum absolute atomic E-state index is 6.02. The van der Waals surface area contributed by atoms with E-state index in [2.05, 4.69) is 5.16 Å². The van der Waals surface area contributed by atoms with Crippen molar-refractivity contribution in [1.29, 1.82) is 0 Å². The van der Waals surface area contributed by atoms with Crippen molar-refractivity contribution in [3.05, 3.63) is 23.3 Å². The van der Waals surface area contributed by atoms with Crippen LogP contribution in [0.1, 0.15) is 44.4 Å². The Hall–Kier alpha value is -1.71. The second-order valence-electron chi connectivity index (χ2n) is 5.04. The molecule has 0 saturated carbocycles. The van der Waals surface area contributed by atoms with Crippen molar-refractivity contribution in [1.82, 2.24) is 0 Å². The van der Waals surface area contributed by atoms with E-state index in [0.29, 0.717) is 5.69 Å². The number of nitrogens with two attached hydrogens (primary N) is 1. The molecule has 18 heavy (non-hydrogen) atoms. The van der Waals surface area contributed by atoms with E-state index in [0.717, 1.165) is 29.0 Å². The normalized spacial score (nSPS) is 18.7. The molecule has 1 aromatic carbocycles. The van der Waals surface area contributed by atoms with Crippen molar-refractivity contribution >= 4 is 11.4 Å². The number of benzene rings is 1. The number of hydrogen-bond donors (Lipinski definition) is 1. The van der Waals surface area contributed by atoms with Crippen molar-refractivity contribution in [2.75, 3.05) is 5.73 Å². The van der Waals surface area contributed by atoms with Gasteiger partial charge in [0.05, 0.1) is 17.5 Å². The van der Waals surface area contributed by atoms with Crippen LogP contribution in [0, 0.1) is 6.92 Å². The molecule has 1 aliphatic heterocycles. The van der Waals surface area contributed by atoms with Crippen molar-refractivity contribution in [3.8, 4) is 5.75 Å². The second-order valence-corrected chi connectivity index (χ2v) is 5.04. The molecule has 2 N–H and O–H groups in total. The van der Waals surface area contributed by atoms with Crippen LogP contribution in [-0.2, 0) is 4.84 Å². The summed E-state index contributed by atoms with van der Waals surface area (Å²) in [6.45, 7) is 7.98. The van der Waals surface area contributed by atoms with E-state index in [1.807, 2.05) is 39.8 Å². The van der Waals surface area contributed by atoms with E-state index in [4.69, 9.17) is 15.3 Å². The zero-order valence-electron chi connectivity index (χ0n) is 11.4. The molecule has 4 heteroatoms. The highest BCUT2D eigenvalue weighted by atomic mass is 16.6. The molecule has 0 amide bonds. The SMILES string of the molecule is CC1=NOC(c2cc(N)c(OC(C)C)cc2C)C1. The van der Waals surface area contributed by atoms with Crippen LogP contribution >= 0.6 is 0 Å². The fourth-order valence-electron chi connectivity index (χ4n) is 2.08. The first-order valence-corrected chi connectivity index (χ1v) is 6.23. The van der Waals surface area contributed by atoms with Crippen LogP contribution in [-0.4, -0.2) is 11.8 Å². The number of rotatable bonds is 3. The van der Waals surface area contributed by atoms with Crippen molar-refractivity contribution < 1.29 is 9.57 Å². The van der Waals surface area contributed by atoms with Crippen LogP contribution in [0.5, 0.6) is 5.75 Å². The molecule has 1 aliphatic rings. The average molecular weight is 248 g/mol. The molecule has 98 valence electrons. The topological polar surface area (TPSA) is 56.8 Å². The number of oxime groups is 1. The first-order chi connectivity index (χ1) is 8.47. The van der Waals surface area contributed by atoms with E-state index < -0.39 is 0 Å². The highest BCUT2D eigenvalue weighted by molar-refractivity contribution is 5.83. The molecule has 0 radical (unpaired) electrons. The lowest BCUT2D eigenvalue weighted by Gasteiger charge is -2.17. The molecule has 0 bridgehead atoms. The molecule has 0 fully saturated rings. The maximum Gasteiger partial charge on any atom is 0.158 e. The zero-order chi connectivity index (χ0) is 13.3. The van der Waals surface area contributed by atoms with Crippen molar-refractivity contribution in [2.45, 2.75) is 46.3 Å². The van der Waals surface area contributed by atoms with E-state index >= 15 is 0 Å². The van der Waals surface area contributed by atoms with Gasteiger partial charge < -0.3 is 15.3 Å². The molecule has 2 rings (SSSR count). The number of anilines is 1. The number of nitrogen functional groups attached to an aromatic ring is 1. The molecule has 0 saturated heterocycles. The standard InChI is InChI=1S/C14H20N2O2/c1-8(2)17-14-5-9(3)11(7-12(14)15)13-6-10(4)16-18-13/h5,7-8,13H,6,15H2,1-4H3. The predicted octanol–water partition coefficient (Wildman–Crippen LogP) is 3.20. The predicted molar refractivity (Wildman–Crippen MR) is 72.9 cm³/mol. The molecule has 1 atom stereocenters. The zero-order valence-corrected chi connectivity index (χ0v) is 11.4. The Morgan fingerprint density at radius 1 is 1.39 bits per heavy atom. The van der Waals surface area contributed by atoms with Gasteiger partial charge in [0.15, 0.2) is 6.10 Å². The lowest BCUT2D eigenvalue weighted by atomic mass is 9.99. The van der Waals surface area contributed by atoms with E-state index in [-0.39, 0.29) is 12.2 Å². The molecule has 4 nitrogen and oxygen atoms in total. The third-order valence-electron chi connectivity index (χ3n) is 2.92. The summed E-state index contributed by atoms with van der Waals surface area (Å²) in [4.78, 5) is 5.40. The number of nitrogens with zero attached hydrogens (tertiary/aromatic N) is 1. The van der Waals surface area contributed by atoms with Crippen LogP contribution in [0.2, 0.25) is 0 Å². The summed E-state index contributed by atoms with van der Waals surface area (Å²) < 4.78 is 5.67. The Balaban J connectivity index is 2.26. The van der Waals surface area contributed by atoms with Crippen LogP contribution in [0.4, 0.5) is 5.69 Å². The molecule has 0 spiro atoms. The minimum absolute atomic E-state index is 0.0135. The van der Waals surface area contributed by atoms with E-state index in [9.17, 15) is 0 Å². The minimum atomic E-state index is -0.0135. The van der Waals surface area contributed by atoms with Gasteiger partial charge in [-0.05, 0) is 45.4 Å². The maximum atomic E-state index is 6.02. The van der Waals surface area contributed by atoms with Crippen molar-refractivity contribution in [3.63, 3.8) is 0 Å². The van der Waals surface area contributed by atoms with Crippen LogP contribution in [0.3, 0.4) is 0 Å². The largest absolute Gasteiger partial charge is 0.489 e. The first kappa shape index (κ1) is 12.7. The average Bonchev–Trinajstić information content (AvgIpc) is 2.69. The Labute approximate surface area is 108 Å². The molecular formula is C14H20N2O2. The van der Waals surface area contributed by atoms with Crippen molar-refractivity contribution in [2.24, 2.45) is 5.16 Å². The van der Waals surface area contributed by atoms with Gasteiger partial charge in [-0.1, -0.05) is 5.16 Å². The van der Waals surface area contributed by atoms with Gasteiger partial charge in [-0.2, -0.15) is 0 Å². The molecule has 0 aromatic heterocycles. The fraction of sp³-hybridized carbons (Fsp3) is 0.500. The van der Waals surface area contributed by atoms with Gasteiger partial charge in [0.25, 0.3) is 0 Å². The minimum Gasteiger partial charge on any atom is -0.489 e. The Morgan fingerprint density at radius 2 is 2.11 bits per heavy atom. The lowest BCUT2D eigenvalue weighted by molar-refractivity contribution is 0.0852. The molecular weight excluding hydrogens is 228 g/mol. The monoisotopic (exact) mass is 248 g/mol. The highest BCUT2D eigenvalue weighted by Crippen LogP contribution is 2.35. The summed E-state index contributed by atoms with van der Waals surface area (Å²) in [5, 5.41) is 3.98. The van der Waals surface area contributed by atoms with Gasteiger partial charge in [0, 0.05) is 12.0 Å². The van der Waals surface area contributed by atoms with E-state index in [1.54, 1.807) is 0 Å². The summed E-state index contributed by atoms with van der Waals surface area (Å²) in [6.07, 6.45) is 0.927. The number of hydrogen-bond acceptors (Lipinski definition) is 4. The van der Waals surface area contributed by atoms with Gasteiger partial charge in [0.1, 0.15) is 5.75 Å². The Morgan fingerprint density at radius 3 is 2.67 bits per heavy atom. The van der Waals surface area contributed by atoms with Crippen LogP contribution < -0.4 is 10.5 Å². The van der Waals surface area contributed by atoms with Gasteiger partial charge in [-0.3, -0.25) is 0 Å². The Kier molecular flexibility index (Phi) is 3.45. The highest BCUT2D eigenvalue weighted by Gasteiger charge is 2.23. The fourth-order valence-corrected chi connectivity index (χ4v) is 2.08. The lowest BCUT2D eigenvalue weighted by Crippen LogP contribution is -2.09. The van der Waals surface area contributed by atoms with Gasteiger partial charge in [0.2, 0.25) is 0 Å². The summed E-state index contributed by atoms with van der Waals surface area (Å²) in [5.74, 6) is 0.738. The molecule has 1 aromatic rings. The van der Waals surface area contributed by atoms with Crippen LogP contribution in [0.25, 0.3) is 0 Å². The van der Waals surface area contributed by atoms with Gasteiger partial charge >= 0.3 is 0 Å². The summed E-state index contributed by atoms with van der Waals surface area (Å²) in [5.41, 5.74) is 9.89. The smallest absolute Gasteiger partial charge is 0.158 e. The molecule has 1 heterocycles. The summed E-state index contributed by atoms with van der Waals surface area (Å²) in [7, 11) is 0.